The molecule has 0 saturated heterocycles. The van der Waals surface area contributed by atoms with Crippen LogP contribution in [0.4, 0.5) is 0 Å². The van der Waals surface area contributed by atoms with Gasteiger partial charge < -0.3 is 0 Å². The average molecular weight is 338 g/mol. The van der Waals surface area contributed by atoms with Gasteiger partial charge >= 0.3 is 0 Å². The Morgan fingerprint density at radius 1 is 0.577 bits per heavy atom. The minimum absolute atomic E-state index is 1.15. The normalized spacial score (nSPS) is 10.6. The van der Waals surface area contributed by atoms with Crippen LogP contribution in [0.15, 0.2) is 61.7 Å². The molecule has 0 radical (unpaired) electrons. The molecule has 0 aliphatic heterocycles. The largest absolute Gasteiger partial charge is 0.0985 e. The standard InChI is InChI=1S/C26H26/c1-7-21-9-11-22(12-10-21)25-15-20(6)26(16-19(25)5)23-13-17(3)24(8-2)18(4)14-23/h7-16H,1-2H2,3-6H3. The Bertz CT molecular complexity index is 962. The first-order valence-corrected chi connectivity index (χ1v) is 9.02. The highest BCUT2D eigenvalue weighted by Gasteiger charge is 2.10. The maximum absolute atomic E-state index is 3.94. The lowest BCUT2D eigenvalue weighted by molar-refractivity contribution is 1.33. The maximum Gasteiger partial charge on any atom is -0.0151 e. The number of aryl methyl sites for hydroxylation is 4. The third-order valence-corrected chi connectivity index (χ3v) is 5.14. The average Bonchev–Trinajstić information content (AvgIpc) is 2.63. The Kier molecular flexibility index (Phi) is 4.95. The molecule has 0 unspecified atom stereocenters. The fourth-order valence-electron chi connectivity index (χ4n) is 3.69. The van der Waals surface area contributed by atoms with Crippen molar-refractivity contribution in [2.45, 2.75) is 27.7 Å². The second-order valence-electron chi connectivity index (χ2n) is 7.04. The predicted molar refractivity (Wildman–Crippen MR) is 116 cm³/mol. The Morgan fingerprint density at radius 2 is 1.08 bits per heavy atom. The van der Waals surface area contributed by atoms with E-state index in [1.54, 1.807) is 0 Å². The van der Waals surface area contributed by atoms with Gasteiger partial charge in [0.2, 0.25) is 0 Å². The molecule has 0 amide bonds. The van der Waals surface area contributed by atoms with Crippen LogP contribution in [-0.2, 0) is 0 Å². The summed E-state index contributed by atoms with van der Waals surface area (Å²) in [7, 11) is 0. The molecule has 0 atom stereocenters. The van der Waals surface area contributed by atoms with Crippen LogP contribution in [0.1, 0.15) is 33.4 Å². The lowest BCUT2D eigenvalue weighted by Gasteiger charge is -2.15. The van der Waals surface area contributed by atoms with Crippen LogP contribution in [0.3, 0.4) is 0 Å². The highest BCUT2D eigenvalue weighted by molar-refractivity contribution is 5.78. The van der Waals surface area contributed by atoms with Gasteiger partial charge in [0.25, 0.3) is 0 Å². The highest BCUT2D eigenvalue weighted by atomic mass is 14.1. The van der Waals surface area contributed by atoms with Crippen LogP contribution in [-0.4, -0.2) is 0 Å². The molecule has 3 aromatic rings. The topological polar surface area (TPSA) is 0 Å². The fraction of sp³-hybridized carbons (Fsp3) is 0.154. The number of benzene rings is 3. The molecule has 0 saturated carbocycles. The van der Waals surface area contributed by atoms with E-state index in [4.69, 9.17) is 0 Å². The van der Waals surface area contributed by atoms with E-state index in [1.807, 2.05) is 12.2 Å². The minimum Gasteiger partial charge on any atom is -0.0985 e. The number of hydrogen-bond donors (Lipinski definition) is 0. The lowest BCUT2D eigenvalue weighted by atomic mass is 9.89. The smallest absolute Gasteiger partial charge is 0.0151 e. The van der Waals surface area contributed by atoms with Crippen LogP contribution in [0.2, 0.25) is 0 Å². The highest BCUT2D eigenvalue weighted by Crippen LogP contribution is 2.33. The minimum atomic E-state index is 1.15. The third kappa shape index (κ3) is 3.28. The van der Waals surface area contributed by atoms with E-state index in [1.165, 1.54) is 50.1 Å². The molecule has 0 N–H and O–H groups in total. The first-order valence-electron chi connectivity index (χ1n) is 9.02. The Labute approximate surface area is 157 Å². The molecule has 0 aromatic heterocycles. The monoisotopic (exact) mass is 338 g/mol. The van der Waals surface area contributed by atoms with Gasteiger partial charge in [-0.2, -0.15) is 0 Å². The van der Waals surface area contributed by atoms with E-state index in [-0.39, 0.29) is 0 Å². The molecule has 0 nitrogen and oxygen atoms in total. The van der Waals surface area contributed by atoms with Gasteiger partial charge in [0.1, 0.15) is 0 Å². The van der Waals surface area contributed by atoms with Crippen molar-refractivity contribution in [1.29, 1.82) is 0 Å². The molecule has 0 aliphatic rings. The van der Waals surface area contributed by atoms with Crippen molar-refractivity contribution in [3.8, 4) is 22.3 Å². The SMILES string of the molecule is C=Cc1ccc(-c2cc(C)c(-c3cc(C)c(C=C)c(C)c3)cc2C)cc1. The van der Waals surface area contributed by atoms with Gasteiger partial charge in [0.05, 0.1) is 0 Å². The summed E-state index contributed by atoms with van der Waals surface area (Å²) < 4.78 is 0. The van der Waals surface area contributed by atoms with Crippen LogP contribution in [0.5, 0.6) is 0 Å². The summed E-state index contributed by atoms with van der Waals surface area (Å²) in [6, 6.07) is 17.7. The van der Waals surface area contributed by atoms with Crippen molar-refractivity contribution in [3.05, 3.63) is 95.1 Å². The van der Waals surface area contributed by atoms with E-state index < -0.39 is 0 Å². The molecule has 0 heterocycles. The van der Waals surface area contributed by atoms with Crippen molar-refractivity contribution in [2.24, 2.45) is 0 Å². The number of rotatable bonds is 4. The summed E-state index contributed by atoms with van der Waals surface area (Å²) in [5.74, 6) is 0. The predicted octanol–water partition coefficient (Wildman–Crippen LogP) is 7.54. The summed E-state index contributed by atoms with van der Waals surface area (Å²) in [6.45, 7) is 16.5. The maximum atomic E-state index is 3.94. The second-order valence-corrected chi connectivity index (χ2v) is 7.04. The van der Waals surface area contributed by atoms with Gasteiger partial charge in [-0.25, -0.2) is 0 Å². The van der Waals surface area contributed by atoms with E-state index in [0.29, 0.717) is 0 Å². The molecule has 0 spiro atoms. The molecule has 130 valence electrons. The molecule has 0 bridgehead atoms. The van der Waals surface area contributed by atoms with Crippen LogP contribution < -0.4 is 0 Å². The molecular formula is C26H26. The zero-order valence-electron chi connectivity index (χ0n) is 16.2. The Morgan fingerprint density at radius 3 is 1.54 bits per heavy atom. The van der Waals surface area contributed by atoms with Gasteiger partial charge in [-0.05, 0) is 83.3 Å². The Hall–Kier alpha value is -2.86. The molecule has 3 aromatic carbocycles. The summed E-state index contributed by atoms with van der Waals surface area (Å²) in [4.78, 5) is 0. The zero-order valence-corrected chi connectivity index (χ0v) is 16.2. The van der Waals surface area contributed by atoms with Gasteiger partial charge in [0, 0.05) is 0 Å². The van der Waals surface area contributed by atoms with Crippen molar-refractivity contribution < 1.29 is 0 Å². The summed E-state index contributed by atoms with van der Waals surface area (Å²) in [6.07, 6.45) is 3.82. The van der Waals surface area contributed by atoms with Crippen LogP contribution >= 0.6 is 0 Å². The summed E-state index contributed by atoms with van der Waals surface area (Å²) >= 11 is 0. The molecule has 0 fully saturated rings. The van der Waals surface area contributed by atoms with Crippen LogP contribution in [0.25, 0.3) is 34.4 Å². The molecule has 26 heavy (non-hydrogen) atoms. The van der Waals surface area contributed by atoms with Crippen LogP contribution in [0, 0.1) is 27.7 Å². The number of hydrogen-bond acceptors (Lipinski definition) is 0. The van der Waals surface area contributed by atoms with E-state index in [2.05, 4.69) is 89.4 Å². The van der Waals surface area contributed by atoms with Gasteiger partial charge in [0.15, 0.2) is 0 Å². The van der Waals surface area contributed by atoms with Crippen molar-refractivity contribution >= 4 is 12.2 Å². The molecular weight excluding hydrogens is 312 g/mol. The third-order valence-electron chi connectivity index (χ3n) is 5.14. The first-order chi connectivity index (χ1) is 12.4. The Balaban J connectivity index is 2.10. The molecule has 0 aliphatic carbocycles. The van der Waals surface area contributed by atoms with Gasteiger partial charge in [-0.3, -0.25) is 0 Å². The molecule has 3 rings (SSSR count). The van der Waals surface area contributed by atoms with Gasteiger partial charge in [-0.15, -0.1) is 0 Å². The summed E-state index contributed by atoms with van der Waals surface area (Å²) in [5, 5.41) is 0. The van der Waals surface area contributed by atoms with Crippen molar-refractivity contribution in [3.63, 3.8) is 0 Å². The zero-order chi connectivity index (χ0) is 18.8. The van der Waals surface area contributed by atoms with Crippen molar-refractivity contribution in [2.75, 3.05) is 0 Å². The first kappa shape index (κ1) is 17.9. The van der Waals surface area contributed by atoms with E-state index in [0.717, 1.165) is 5.56 Å². The van der Waals surface area contributed by atoms with E-state index >= 15 is 0 Å². The van der Waals surface area contributed by atoms with Gasteiger partial charge in [-0.1, -0.05) is 73.8 Å². The lowest BCUT2D eigenvalue weighted by Crippen LogP contribution is -1.93. The van der Waals surface area contributed by atoms with Crippen molar-refractivity contribution in [1.82, 2.24) is 0 Å². The van der Waals surface area contributed by atoms with E-state index in [9.17, 15) is 0 Å². The molecule has 0 heteroatoms. The quantitative estimate of drug-likeness (QED) is 0.461. The summed E-state index contributed by atoms with van der Waals surface area (Å²) in [5.41, 5.74) is 12.6. The fourth-order valence-corrected chi connectivity index (χ4v) is 3.69. The second kappa shape index (κ2) is 7.17.